The molecular weight excluding hydrogens is 302 g/mol. The number of nitrogens with one attached hydrogen (secondary N) is 1. The van der Waals surface area contributed by atoms with E-state index in [0.29, 0.717) is 18.0 Å². The van der Waals surface area contributed by atoms with Gasteiger partial charge in [0, 0.05) is 23.2 Å². The van der Waals surface area contributed by atoms with Crippen LogP contribution in [-0.2, 0) is 11.2 Å². The monoisotopic (exact) mass is 325 g/mol. The molecule has 106 valence electrons. The lowest BCUT2D eigenvalue weighted by Crippen LogP contribution is -2.39. The molecule has 1 aromatic rings. The zero-order valence-electron chi connectivity index (χ0n) is 12.1. The lowest BCUT2D eigenvalue weighted by atomic mass is 10.0. The first-order valence-corrected chi connectivity index (χ1v) is 8.03. The fourth-order valence-corrected chi connectivity index (χ4v) is 3.30. The molecule has 2 atom stereocenters. The van der Waals surface area contributed by atoms with Crippen molar-refractivity contribution < 1.29 is 4.74 Å². The molecule has 0 bridgehead atoms. The predicted molar refractivity (Wildman–Crippen MR) is 83.5 cm³/mol. The van der Waals surface area contributed by atoms with E-state index >= 15 is 0 Å². The summed E-state index contributed by atoms with van der Waals surface area (Å²) >= 11 is 3.66. The summed E-state index contributed by atoms with van der Waals surface area (Å²) in [6.07, 6.45) is 2.35. The maximum atomic E-state index is 5.61. The lowest BCUT2D eigenvalue weighted by molar-refractivity contribution is 0.103. The minimum absolute atomic E-state index is 0.426. The average Bonchev–Trinajstić information content (AvgIpc) is 2.79. The number of ether oxygens (including phenoxy) is 1. The molecule has 3 heteroatoms. The van der Waals surface area contributed by atoms with Gasteiger partial charge in [0.1, 0.15) is 0 Å². The Kier molecular flexibility index (Phi) is 5.43. The van der Waals surface area contributed by atoms with Gasteiger partial charge in [0.25, 0.3) is 0 Å². The molecule has 0 aliphatic heterocycles. The number of hydrogen-bond acceptors (Lipinski definition) is 2. The highest BCUT2D eigenvalue weighted by Gasteiger charge is 2.26. The van der Waals surface area contributed by atoms with Crippen LogP contribution in [0.2, 0.25) is 0 Å². The Balaban J connectivity index is 2.06. The SMILES string of the molecule is CCOCC(NC1CCc2c(Br)cccc21)C(C)C. The van der Waals surface area contributed by atoms with Crippen molar-refractivity contribution in [2.75, 3.05) is 13.2 Å². The summed E-state index contributed by atoms with van der Waals surface area (Å²) < 4.78 is 6.86. The molecule has 2 nitrogen and oxygen atoms in total. The minimum Gasteiger partial charge on any atom is -0.380 e. The summed E-state index contributed by atoms with van der Waals surface area (Å²) in [5.74, 6) is 0.586. The van der Waals surface area contributed by atoms with Crippen molar-refractivity contribution in [2.45, 2.75) is 45.7 Å². The van der Waals surface area contributed by atoms with E-state index in [0.717, 1.165) is 19.6 Å². The normalized spacial score (nSPS) is 19.7. The number of rotatable bonds is 6. The molecule has 0 saturated carbocycles. The van der Waals surface area contributed by atoms with Crippen molar-refractivity contribution in [3.63, 3.8) is 0 Å². The number of fused-ring (bicyclic) bond motifs is 1. The summed E-state index contributed by atoms with van der Waals surface area (Å²) in [5.41, 5.74) is 2.93. The number of hydrogen-bond donors (Lipinski definition) is 1. The summed E-state index contributed by atoms with van der Waals surface area (Å²) in [6.45, 7) is 8.16. The highest BCUT2D eigenvalue weighted by atomic mass is 79.9. The number of benzene rings is 1. The van der Waals surface area contributed by atoms with Crippen LogP contribution in [0.4, 0.5) is 0 Å². The summed E-state index contributed by atoms with van der Waals surface area (Å²) in [4.78, 5) is 0. The molecule has 2 unspecified atom stereocenters. The van der Waals surface area contributed by atoms with Crippen LogP contribution in [0.3, 0.4) is 0 Å². The first kappa shape index (κ1) is 15.0. The molecule has 0 aromatic heterocycles. The Morgan fingerprint density at radius 1 is 1.42 bits per heavy atom. The van der Waals surface area contributed by atoms with E-state index in [4.69, 9.17) is 4.74 Å². The lowest BCUT2D eigenvalue weighted by Gasteiger charge is -2.26. The van der Waals surface area contributed by atoms with Gasteiger partial charge >= 0.3 is 0 Å². The molecule has 1 aliphatic carbocycles. The largest absolute Gasteiger partial charge is 0.380 e. The third kappa shape index (κ3) is 3.59. The van der Waals surface area contributed by atoms with Gasteiger partial charge in [-0.2, -0.15) is 0 Å². The van der Waals surface area contributed by atoms with E-state index in [-0.39, 0.29) is 0 Å². The first-order chi connectivity index (χ1) is 9.13. The quantitative estimate of drug-likeness (QED) is 0.850. The van der Waals surface area contributed by atoms with E-state index in [9.17, 15) is 0 Å². The molecule has 0 heterocycles. The summed E-state index contributed by atoms with van der Waals surface area (Å²) in [5, 5.41) is 3.79. The van der Waals surface area contributed by atoms with Crippen molar-refractivity contribution in [3.8, 4) is 0 Å². The third-order valence-corrected chi connectivity index (χ3v) is 4.68. The molecule has 1 aromatic carbocycles. The highest BCUT2D eigenvalue weighted by Crippen LogP contribution is 2.36. The molecular formula is C16H24BrNO. The second-order valence-corrected chi connectivity index (χ2v) is 6.43. The number of halogens is 1. The van der Waals surface area contributed by atoms with Crippen LogP contribution in [0.1, 0.15) is 44.4 Å². The van der Waals surface area contributed by atoms with Crippen LogP contribution in [0.25, 0.3) is 0 Å². The Morgan fingerprint density at radius 3 is 2.89 bits per heavy atom. The molecule has 1 N–H and O–H groups in total. The predicted octanol–water partition coefficient (Wildman–Crippen LogP) is 4.09. The fourth-order valence-electron chi connectivity index (χ4n) is 2.72. The molecule has 0 radical (unpaired) electrons. The third-order valence-electron chi connectivity index (χ3n) is 3.94. The van der Waals surface area contributed by atoms with Gasteiger partial charge < -0.3 is 10.1 Å². The van der Waals surface area contributed by atoms with Gasteiger partial charge in [-0.25, -0.2) is 0 Å². The van der Waals surface area contributed by atoms with E-state index in [2.05, 4.69) is 60.2 Å². The van der Waals surface area contributed by atoms with Gasteiger partial charge in [0.05, 0.1) is 6.61 Å². The van der Waals surface area contributed by atoms with Crippen LogP contribution in [-0.4, -0.2) is 19.3 Å². The maximum absolute atomic E-state index is 5.61. The van der Waals surface area contributed by atoms with E-state index in [1.54, 1.807) is 0 Å². The second kappa shape index (κ2) is 6.87. The minimum atomic E-state index is 0.426. The molecule has 0 amide bonds. The Bertz CT molecular complexity index is 419. The standard InChI is InChI=1S/C16H24BrNO/c1-4-19-10-16(11(2)3)18-15-9-8-12-13(15)6-5-7-14(12)17/h5-7,11,15-16,18H,4,8-10H2,1-3H3. The van der Waals surface area contributed by atoms with Crippen LogP contribution in [0.15, 0.2) is 22.7 Å². The van der Waals surface area contributed by atoms with Crippen molar-refractivity contribution >= 4 is 15.9 Å². The van der Waals surface area contributed by atoms with Gasteiger partial charge in [-0.3, -0.25) is 0 Å². The topological polar surface area (TPSA) is 21.3 Å². The second-order valence-electron chi connectivity index (χ2n) is 5.58. The summed E-state index contributed by atoms with van der Waals surface area (Å²) in [6, 6.07) is 7.43. The van der Waals surface area contributed by atoms with Gasteiger partial charge in [0.15, 0.2) is 0 Å². The van der Waals surface area contributed by atoms with Crippen LogP contribution in [0, 0.1) is 5.92 Å². The Morgan fingerprint density at radius 2 is 2.21 bits per heavy atom. The Labute approximate surface area is 125 Å². The van der Waals surface area contributed by atoms with Crippen molar-refractivity contribution in [3.05, 3.63) is 33.8 Å². The first-order valence-electron chi connectivity index (χ1n) is 7.24. The zero-order valence-corrected chi connectivity index (χ0v) is 13.7. The summed E-state index contributed by atoms with van der Waals surface area (Å²) in [7, 11) is 0. The molecule has 19 heavy (non-hydrogen) atoms. The van der Waals surface area contributed by atoms with Crippen LogP contribution in [0.5, 0.6) is 0 Å². The zero-order chi connectivity index (χ0) is 13.8. The molecule has 2 rings (SSSR count). The highest BCUT2D eigenvalue weighted by molar-refractivity contribution is 9.10. The fraction of sp³-hybridized carbons (Fsp3) is 0.625. The van der Waals surface area contributed by atoms with Gasteiger partial charge in [0.2, 0.25) is 0 Å². The van der Waals surface area contributed by atoms with Crippen LogP contribution < -0.4 is 5.32 Å². The molecule has 1 aliphatic rings. The van der Waals surface area contributed by atoms with E-state index in [1.807, 2.05) is 0 Å². The average molecular weight is 326 g/mol. The van der Waals surface area contributed by atoms with E-state index in [1.165, 1.54) is 22.0 Å². The van der Waals surface area contributed by atoms with Gasteiger partial charge in [-0.1, -0.05) is 41.9 Å². The molecule has 0 saturated heterocycles. The van der Waals surface area contributed by atoms with Crippen molar-refractivity contribution in [1.82, 2.24) is 5.32 Å². The maximum Gasteiger partial charge on any atom is 0.0622 e. The molecule has 0 spiro atoms. The smallest absolute Gasteiger partial charge is 0.0622 e. The van der Waals surface area contributed by atoms with Gasteiger partial charge in [-0.15, -0.1) is 0 Å². The van der Waals surface area contributed by atoms with Gasteiger partial charge in [-0.05, 0) is 42.9 Å². The Hall–Kier alpha value is -0.380. The van der Waals surface area contributed by atoms with Crippen molar-refractivity contribution in [2.24, 2.45) is 5.92 Å². The van der Waals surface area contributed by atoms with Crippen molar-refractivity contribution in [1.29, 1.82) is 0 Å². The van der Waals surface area contributed by atoms with E-state index < -0.39 is 0 Å². The van der Waals surface area contributed by atoms with Crippen LogP contribution >= 0.6 is 15.9 Å². The molecule has 0 fully saturated rings.